The Labute approximate surface area is 150 Å². The molecule has 0 saturated carbocycles. The number of benzene rings is 1. The lowest BCUT2D eigenvalue weighted by Gasteiger charge is -2.48. The van der Waals surface area contributed by atoms with Crippen LogP contribution in [-0.4, -0.2) is 56.2 Å². The molecule has 0 aliphatic carbocycles. The van der Waals surface area contributed by atoms with Crippen molar-refractivity contribution < 1.29 is 17.4 Å². The van der Waals surface area contributed by atoms with E-state index >= 15 is 0 Å². The van der Waals surface area contributed by atoms with Gasteiger partial charge in [0.25, 0.3) is 0 Å². The van der Waals surface area contributed by atoms with Crippen molar-refractivity contribution in [3.63, 3.8) is 0 Å². The Morgan fingerprint density at radius 3 is 2.44 bits per heavy atom. The van der Waals surface area contributed by atoms with E-state index in [-0.39, 0.29) is 16.5 Å². The number of nitrogens with zero attached hydrogens (tertiary/aromatic N) is 1. The minimum atomic E-state index is -3.52. The van der Waals surface area contributed by atoms with Crippen LogP contribution in [0.15, 0.2) is 29.2 Å². The van der Waals surface area contributed by atoms with E-state index in [9.17, 15) is 13.5 Å². The molecular formula is C18H30N3O3S+. The summed E-state index contributed by atoms with van der Waals surface area (Å²) >= 11 is 0. The van der Waals surface area contributed by atoms with Crippen LogP contribution >= 0.6 is 0 Å². The summed E-state index contributed by atoms with van der Waals surface area (Å²) in [5, 5.41) is 12.6. The number of aliphatic hydroxyl groups excluding tert-OH is 1. The van der Waals surface area contributed by atoms with Crippen molar-refractivity contribution in [1.29, 1.82) is 0 Å². The fourth-order valence-electron chi connectivity index (χ4n) is 4.49. The second-order valence-corrected chi connectivity index (χ2v) is 9.53. The maximum Gasteiger partial charge on any atom is 0.327 e. The molecule has 0 radical (unpaired) electrons. The van der Waals surface area contributed by atoms with Gasteiger partial charge in [0, 0.05) is 51.1 Å². The van der Waals surface area contributed by atoms with E-state index in [1.807, 2.05) is 0 Å². The number of aliphatic hydroxyl groups is 1. The van der Waals surface area contributed by atoms with E-state index in [4.69, 9.17) is 5.73 Å². The summed E-state index contributed by atoms with van der Waals surface area (Å²) in [5.41, 5.74) is 6.34. The van der Waals surface area contributed by atoms with Crippen LogP contribution in [0.3, 0.4) is 0 Å². The van der Waals surface area contributed by atoms with Gasteiger partial charge in [0.2, 0.25) is 0 Å². The third-order valence-corrected chi connectivity index (χ3v) is 8.45. The molecular weight excluding hydrogens is 338 g/mol. The molecule has 1 aromatic carbocycles. The molecule has 0 aromatic heterocycles. The van der Waals surface area contributed by atoms with E-state index < -0.39 is 10.0 Å². The summed E-state index contributed by atoms with van der Waals surface area (Å²) in [6.45, 7) is 3.19. The van der Waals surface area contributed by atoms with Crippen molar-refractivity contribution >= 4 is 15.7 Å². The normalized spacial score (nSPS) is 28.8. The van der Waals surface area contributed by atoms with Gasteiger partial charge in [-0.3, -0.25) is 0 Å². The maximum atomic E-state index is 13.7. The zero-order valence-electron chi connectivity index (χ0n) is 14.7. The van der Waals surface area contributed by atoms with Gasteiger partial charge in [-0.05, 0) is 30.5 Å². The predicted molar refractivity (Wildman–Crippen MR) is 98.4 cm³/mol. The lowest BCUT2D eigenvalue weighted by molar-refractivity contribution is -0.841. The highest BCUT2D eigenvalue weighted by Gasteiger charge is 2.51. The average Bonchev–Trinajstić information content (AvgIpc) is 2.63. The molecule has 0 spiro atoms. The Morgan fingerprint density at radius 1 is 1.16 bits per heavy atom. The van der Waals surface area contributed by atoms with Crippen molar-refractivity contribution in [2.75, 3.05) is 38.5 Å². The van der Waals surface area contributed by atoms with Crippen molar-refractivity contribution in [3.05, 3.63) is 24.3 Å². The molecule has 1 aromatic rings. The molecule has 2 saturated heterocycles. The number of hydrogen-bond acceptors (Lipinski definition) is 5. The Hall–Kier alpha value is -1.15. The van der Waals surface area contributed by atoms with Gasteiger partial charge in [0.15, 0.2) is 0 Å². The maximum absolute atomic E-state index is 13.7. The Kier molecular flexibility index (Phi) is 5.68. The van der Waals surface area contributed by atoms with Gasteiger partial charge in [0.05, 0.1) is 13.1 Å². The van der Waals surface area contributed by atoms with Gasteiger partial charge < -0.3 is 16.2 Å². The van der Waals surface area contributed by atoms with Gasteiger partial charge in [-0.2, -0.15) is 8.42 Å². The van der Waals surface area contributed by atoms with Crippen LogP contribution in [0.2, 0.25) is 0 Å². The monoisotopic (exact) mass is 368 g/mol. The highest BCUT2D eigenvalue weighted by molar-refractivity contribution is 7.86. The number of hydrogen-bond donors (Lipinski definition) is 3. The standard InChI is InChI=1S/C18H30N3O3S/c19-16-2-1-3-18(14-16)25(23,24)21(17-4-9-20-10-5-17)11-6-15(7-12-21)8-13-22/h1-3,14-15,17,20,22H,4-13,19H2/q+1. The lowest BCUT2D eigenvalue weighted by Crippen LogP contribution is -2.64. The average molecular weight is 369 g/mol. The molecule has 2 aliphatic heterocycles. The van der Waals surface area contributed by atoms with Gasteiger partial charge >= 0.3 is 10.0 Å². The largest absolute Gasteiger partial charge is 0.399 e. The van der Waals surface area contributed by atoms with Crippen molar-refractivity contribution in [1.82, 2.24) is 5.32 Å². The van der Waals surface area contributed by atoms with Crippen molar-refractivity contribution in [2.45, 2.75) is 43.0 Å². The number of piperidine rings is 2. The molecule has 0 atom stereocenters. The molecule has 7 heteroatoms. The number of likely N-dealkylation sites (tertiary alicyclic amines) is 1. The van der Waals surface area contributed by atoms with Crippen LogP contribution in [-0.2, 0) is 10.0 Å². The molecule has 6 nitrogen and oxygen atoms in total. The van der Waals surface area contributed by atoms with Crippen LogP contribution in [0.1, 0.15) is 32.1 Å². The zero-order chi connectivity index (χ0) is 17.9. The van der Waals surface area contributed by atoms with Crippen LogP contribution in [0.25, 0.3) is 0 Å². The molecule has 2 aliphatic rings. The van der Waals surface area contributed by atoms with Crippen molar-refractivity contribution in [2.24, 2.45) is 5.92 Å². The van der Waals surface area contributed by atoms with Gasteiger partial charge in [-0.1, -0.05) is 6.07 Å². The molecule has 0 amide bonds. The molecule has 2 fully saturated rings. The van der Waals surface area contributed by atoms with Crippen LogP contribution in [0.4, 0.5) is 5.69 Å². The second-order valence-electron chi connectivity index (χ2n) is 7.38. The van der Waals surface area contributed by atoms with E-state index in [1.54, 1.807) is 24.3 Å². The summed E-state index contributed by atoms with van der Waals surface area (Å²) in [4.78, 5) is 0.339. The van der Waals surface area contributed by atoms with E-state index in [0.717, 1.165) is 45.2 Å². The first-order valence-electron chi connectivity index (χ1n) is 9.29. The number of sulfonamides is 1. The first-order valence-corrected chi connectivity index (χ1v) is 10.7. The summed E-state index contributed by atoms with van der Waals surface area (Å²) in [6, 6.07) is 6.84. The number of nitrogens with one attached hydrogen (secondary N) is 1. The van der Waals surface area contributed by atoms with Crippen LogP contribution < -0.4 is 11.1 Å². The number of quaternary nitrogens is 1. The number of anilines is 1. The summed E-state index contributed by atoms with van der Waals surface area (Å²) in [6.07, 6.45) is 4.24. The predicted octanol–water partition coefficient (Wildman–Crippen LogP) is 1.32. The molecule has 4 N–H and O–H groups in total. The summed E-state index contributed by atoms with van der Waals surface area (Å²) in [5.74, 6) is 0.425. The Bertz CT molecular complexity index is 679. The summed E-state index contributed by atoms with van der Waals surface area (Å²) < 4.78 is 27.5. The van der Waals surface area contributed by atoms with E-state index in [0.29, 0.717) is 29.6 Å². The van der Waals surface area contributed by atoms with E-state index in [1.165, 1.54) is 0 Å². The first-order chi connectivity index (χ1) is 12.0. The molecule has 2 heterocycles. The van der Waals surface area contributed by atoms with Crippen LogP contribution in [0, 0.1) is 5.92 Å². The van der Waals surface area contributed by atoms with Crippen molar-refractivity contribution in [3.8, 4) is 0 Å². The topological polar surface area (TPSA) is 92.4 Å². The lowest BCUT2D eigenvalue weighted by atomic mass is 9.91. The molecule has 3 rings (SSSR count). The quantitative estimate of drug-likeness (QED) is 0.538. The minimum absolute atomic E-state index is 0.128. The zero-order valence-corrected chi connectivity index (χ0v) is 15.5. The first kappa shape index (κ1) is 18.6. The third-order valence-electron chi connectivity index (χ3n) is 5.98. The highest BCUT2D eigenvalue weighted by Crippen LogP contribution is 2.38. The molecule has 140 valence electrons. The number of nitrogen functional groups attached to an aromatic ring is 1. The second kappa shape index (κ2) is 7.61. The van der Waals surface area contributed by atoms with Crippen LogP contribution in [0.5, 0.6) is 0 Å². The Morgan fingerprint density at radius 2 is 1.84 bits per heavy atom. The smallest absolute Gasteiger partial charge is 0.327 e. The fraction of sp³-hybridized carbons (Fsp3) is 0.667. The number of rotatable bonds is 5. The van der Waals surface area contributed by atoms with E-state index in [2.05, 4.69) is 5.32 Å². The summed E-state index contributed by atoms with van der Waals surface area (Å²) in [7, 11) is -3.52. The molecule has 0 bridgehead atoms. The molecule has 25 heavy (non-hydrogen) atoms. The van der Waals surface area contributed by atoms with Gasteiger partial charge in [-0.25, -0.2) is 3.89 Å². The highest BCUT2D eigenvalue weighted by atomic mass is 32.2. The van der Waals surface area contributed by atoms with Gasteiger partial charge in [0.1, 0.15) is 10.9 Å². The Balaban J connectivity index is 1.96. The SMILES string of the molecule is Nc1cccc(S(=O)(=O)[N+]2(C3CCNCC3)CCC(CCO)CC2)c1. The third kappa shape index (κ3) is 3.56. The fourth-order valence-corrected chi connectivity index (χ4v) is 6.74. The minimum Gasteiger partial charge on any atom is -0.399 e. The van der Waals surface area contributed by atoms with Gasteiger partial charge in [-0.15, -0.1) is 0 Å². The molecule has 0 unspecified atom stereocenters. The number of nitrogens with two attached hydrogens (primary N) is 1.